The second-order valence-electron chi connectivity index (χ2n) is 15.2. The van der Waals surface area contributed by atoms with Gasteiger partial charge in [-0.2, -0.15) is 0 Å². The van der Waals surface area contributed by atoms with Crippen molar-refractivity contribution in [1.29, 1.82) is 0 Å². The van der Waals surface area contributed by atoms with E-state index in [0.717, 1.165) is 0 Å². The van der Waals surface area contributed by atoms with Crippen molar-refractivity contribution >= 4 is 53.9 Å². The molecule has 0 N–H and O–H groups in total. The Balaban J connectivity index is 1.10. The van der Waals surface area contributed by atoms with E-state index in [1.54, 1.807) is 0 Å². The predicted octanol–water partition coefficient (Wildman–Crippen LogP) is 14.8. The molecule has 1 aliphatic carbocycles. The maximum atomic E-state index is 2.42. The van der Waals surface area contributed by atoms with Gasteiger partial charge in [0.15, 0.2) is 0 Å². The van der Waals surface area contributed by atoms with Gasteiger partial charge in [0, 0.05) is 5.41 Å². The third-order valence-electron chi connectivity index (χ3n) is 12.0. The van der Waals surface area contributed by atoms with Gasteiger partial charge in [0.2, 0.25) is 0 Å². The van der Waals surface area contributed by atoms with Gasteiger partial charge in [0.25, 0.3) is 0 Å². The zero-order valence-corrected chi connectivity index (χ0v) is 29.8. The lowest BCUT2D eigenvalue weighted by molar-refractivity contribution is 0.668. The van der Waals surface area contributed by atoms with Gasteiger partial charge in [-0.3, -0.25) is 0 Å². The molecule has 0 bridgehead atoms. The average molecular weight is 673 g/mol. The molecule has 0 aliphatic heterocycles. The third-order valence-corrected chi connectivity index (χ3v) is 12.0. The molecule has 0 heterocycles. The van der Waals surface area contributed by atoms with E-state index in [2.05, 4.69) is 196 Å². The topological polar surface area (TPSA) is 0 Å². The Kier molecular flexibility index (Phi) is 6.40. The average Bonchev–Trinajstić information content (AvgIpc) is 3.47. The largest absolute Gasteiger partial charge is 0.0616 e. The molecule has 0 unspecified atom stereocenters. The van der Waals surface area contributed by atoms with Crippen molar-refractivity contribution in [1.82, 2.24) is 0 Å². The van der Waals surface area contributed by atoms with Crippen molar-refractivity contribution in [3.05, 3.63) is 193 Å². The fourth-order valence-corrected chi connectivity index (χ4v) is 9.78. The molecule has 53 heavy (non-hydrogen) atoms. The Labute approximate surface area is 309 Å². The van der Waals surface area contributed by atoms with Crippen molar-refractivity contribution in [3.63, 3.8) is 0 Å². The van der Waals surface area contributed by atoms with Gasteiger partial charge >= 0.3 is 0 Å². The molecule has 11 rings (SSSR count). The number of fused-ring (bicyclic) bond motifs is 11. The monoisotopic (exact) mass is 672 g/mol. The smallest absolute Gasteiger partial charge is 0.0171 e. The minimum atomic E-state index is -0.172. The Bertz CT molecular complexity index is 3060. The number of hydrogen-bond acceptors (Lipinski definition) is 0. The van der Waals surface area contributed by atoms with Crippen molar-refractivity contribution in [2.24, 2.45) is 0 Å². The van der Waals surface area contributed by atoms with Gasteiger partial charge < -0.3 is 0 Å². The highest BCUT2D eigenvalue weighted by Crippen LogP contribution is 2.57. The molecule has 0 radical (unpaired) electrons. The molecule has 0 aromatic heterocycles. The summed E-state index contributed by atoms with van der Waals surface area (Å²) in [5.41, 5.74) is 13.1. The van der Waals surface area contributed by atoms with Gasteiger partial charge in [0.05, 0.1) is 0 Å². The van der Waals surface area contributed by atoms with Crippen molar-refractivity contribution in [2.45, 2.75) is 19.3 Å². The summed E-state index contributed by atoms with van der Waals surface area (Å²) in [5.74, 6) is 0. The molecule has 0 saturated heterocycles. The highest BCUT2D eigenvalue weighted by Gasteiger charge is 2.40. The summed E-state index contributed by atoms with van der Waals surface area (Å²) in [6.07, 6.45) is 0. The maximum absolute atomic E-state index is 2.42. The Morgan fingerprint density at radius 3 is 1.34 bits per heavy atom. The van der Waals surface area contributed by atoms with Crippen molar-refractivity contribution in [2.75, 3.05) is 0 Å². The third kappa shape index (κ3) is 4.30. The summed E-state index contributed by atoms with van der Waals surface area (Å²) in [6, 6.07) is 67.7. The van der Waals surface area contributed by atoms with E-state index in [-0.39, 0.29) is 5.41 Å². The van der Waals surface area contributed by atoms with Crippen LogP contribution in [-0.4, -0.2) is 0 Å². The van der Waals surface area contributed by atoms with Gasteiger partial charge in [-0.15, -0.1) is 0 Å². The van der Waals surface area contributed by atoms with E-state index in [9.17, 15) is 0 Å². The minimum absolute atomic E-state index is 0.172. The summed E-state index contributed by atoms with van der Waals surface area (Å²) in [4.78, 5) is 0. The van der Waals surface area contributed by atoms with E-state index in [1.165, 1.54) is 109 Å². The molecule has 0 atom stereocenters. The Morgan fingerprint density at radius 1 is 0.283 bits per heavy atom. The summed E-state index contributed by atoms with van der Waals surface area (Å²) >= 11 is 0. The molecule has 0 heteroatoms. The van der Waals surface area contributed by atoms with E-state index < -0.39 is 0 Å². The number of hydrogen-bond donors (Lipinski definition) is 0. The molecular formula is C53H36. The van der Waals surface area contributed by atoms with Crippen LogP contribution in [0.2, 0.25) is 0 Å². The van der Waals surface area contributed by atoms with Crippen molar-refractivity contribution in [3.8, 4) is 44.5 Å². The fraction of sp³-hybridized carbons (Fsp3) is 0.0566. The minimum Gasteiger partial charge on any atom is -0.0616 e. The van der Waals surface area contributed by atoms with E-state index in [4.69, 9.17) is 0 Å². The zero-order chi connectivity index (χ0) is 35.3. The lowest BCUT2D eigenvalue weighted by Crippen LogP contribution is -2.17. The van der Waals surface area contributed by atoms with Gasteiger partial charge in [0.1, 0.15) is 0 Å². The van der Waals surface area contributed by atoms with Crippen LogP contribution in [0.1, 0.15) is 25.0 Å². The maximum Gasteiger partial charge on any atom is 0.0171 e. The van der Waals surface area contributed by atoms with E-state index in [1.807, 2.05) is 0 Å². The molecule has 248 valence electrons. The molecule has 10 aromatic rings. The van der Waals surface area contributed by atoms with Crippen molar-refractivity contribution < 1.29 is 0 Å². The standard InChI is InChI=1S/C53H36/c1-53(2)51-38(24-13-25-47(51)50-41-18-7-5-16-39(41)40-17-6-12-23-46(40)52(50)53)34-27-29-35(30-28-34)48-42-19-8-10-21-44(42)49(45-22-11-9-20-43(45)48)37-31-26-33-14-3-4-15-36(33)32-37/h3-32H,1-2H3. The summed E-state index contributed by atoms with van der Waals surface area (Å²) < 4.78 is 0. The molecule has 0 fully saturated rings. The van der Waals surface area contributed by atoms with Crippen LogP contribution in [-0.2, 0) is 5.41 Å². The molecule has 0 spiro atoms. The summed E-state index contributed by atoms with van der Waals surface area (Å²) in [7, 11) is 0. The number of benzene rings is 10. The quantitative estimate of drug-likeness (QED) is 0.129. The first-order valence-corrected chi connectivity index (χ1v) is 18.7. The van der Waals surface area contributed by atoms with Crippen LogP contribution in [0.5, 0.6) is 0 Å². The summed E-state index contributed by atoms with van der Waals surface area (Å²) in [6.45, 7) is 4.85. The Hall–Kier alpha value is -6.50. The highest BCUT2D eigenvalue weighted by molar-refractivity contribution is 6.22. The van der Waals surface area contributed by atoms with Gasteiger partial charge in [-0.05, 0) is 116 Å². The molecule has 0 amide bonds. The normalized spacial score (nSPS) is 13.2. The first-order valence-electron chi connectivity index (χ1n) is 18.7. The fourth-order valence-electron chi connectivity index (χ4n) is 9.78. The zero-order valence-electron chi connectivity index (χ0n) is 29.8. The highest BCUT2D eigenvalue weighted by atomic mass is 14.4. The van der Waals surface area contributed by atoms with Crippen LogP contribution in [0.3, 0.4) is 0 Å². The van der Waals surface area contributed by atoms with Crippen LogP contribution in [0.25, 0.3) is 98.4 Å². The van der Waals surface area contributed by atoms with Gasteiger partial charge in [-0.1, -0.05) is 190 Å². The van der Waals surface area contributed by atoms with E-state index in [0.29, 0.717) is 0 Å². The van der Waals surface area contributed by atoms with E-state index >= 15 is 0 Å². The SMILES string of the molecule is CC1(C)c2c(-c3ccc(-c4c5ccccc5c(-c5ccc6ccccc6c5)c5ccccc45)cc3)cccc2-c2c1c1ccccc1c1ccccc21. The van der Waals surface area contributed by atoms with Gasteiger partial charge in [-0.25, -0.2) is 0 Å². The second-order valence-corrected chi connectivity index (χ2v) is 15.2. The first kappa shape index (κ1) is 30.2. The van der Waals surface area contributed by atoms with Crippen LogP contribution < -0.4 is 0 Å². The molecule has 0 saturated carbocycles. The van der Waals surface area contributed by atoms with Crippen LogP contribution in [0.15, 0.2) is 182 Å². The van der Waals surface area contributed by atoms with Crippen LogP contribution in [0, 0.1) is 0 Å². The first-order chi connectivity index (χ1) is 26.1. The lowest BCUT2D eigenvalue weighted by Gasteiger charge is -2.26. The molecule has 10 aromatic carbocycles. The molecule has 0 nitrogen and oxygen atoms in total. The molecular weight excluding hydrogens is 637 g/mol. The predicted molar refractivity (Wildman–Crippen MR) is 228 cm³/mol. The van der Waals surface area contributed by atoms with Crippen LogP contribution in [0.4, 0.5) is 0 Å². The lowest BCUT2D eigenvalue weighted by atomic mass is 9.76. The second kappa shape index (κ2) is 11.2. The summed E-state index contributed by atoms with van der Waals surface area (Å²) in [5, 5.41) is 13.0. The van der Waals surface area contributed by atoms with Crippen LogP contribution >= 0.6 is 0 Å². The molecule has 1 aliphatic rings. The Morgan fingerprint density at radius 2 is 0.717 bits per heavy atom. The number of rotatable bonds is 3.